The summed E-state index contributed by atoms with van der Waals surface area (Å²) in [7, 11) is 1.91. The van der Waals surface area contributed by atoms with Gasteiger partial charge < -0.3 is 15.0 Å². The fourth-order valence-electron chi connectivity index (χ4n) is 3.08. The molecule has 2 N–H and O–H groups in total. The number of nitrogens with one attached hydrogen (secondary N) is 1. The van der Waals surface area contributed by atoms with Crippen LogP contribution in [0, 0.1) is 0 Å². The maximum absolute atomic E-state index is 10.3. The number of imidazole rings is 1. The molecule has 0 saturated heterocycles. The first-order valence-electron chi connectivity index (χ1n) is 8.39. The normalized spacial score (nSPS) is 13.1. The molecule has 2 aromatic heterocycles. The summed E-state index contributed by atoms with van der Waals surface area (Å²) in [5.74, 6) is 0.537. The molecule has 0 fully saturated rings. The Balaban J connectivity index is 1.51. The van der Waals surface area contributed by atoms with Gasteiger partial charge in [0.1, 0.15) is 5.69 Å². The lowest BCUT2D eigenvalue weighted by atomic mass is 10.1. The molecule has 0 radical (unpaired) electrons. The number of aromatic nitrogens is 3. The van der Waals surface area contributed by atoms with Crippen LogP contribution in [0.3, 0.4) is 0 Å². The summed E-state index contributed by atoms with van der Waals surface area (Å²) in [5, 5.41) is 12.2. The average molecular weight is 373 g/mol. The van der Waals surface area contributed by atoms with E-state index < -0.39 is 0 Å². The summed E-state index contributed by atoms with van der Waals surface area (Å²) in [5.41, 5.74) is 5.41. The summed E-state index contributed by atoms with van der Waals surface area (Å²) in [6, 6.07) is 12.0. The standard InChI is InChI=1S/C20H15N5OS/c1-25(14-3-5-16-18(10-14)27-11-22-16)20-23-17(19(26)24-20)9-12-2-4-15-13(8-12)6-7-21-15/h2-11,26H,1H3,(H,23,24)/b12-9+. The highest BCUT2D eigenvalue weighted by atomic mass is 32.1. The van der Waals surface area contributed by atoms with Gasteiger partial charge in [-0.2, -0.15) is 4.98 Å². The Bertz CT molecular complexity index is 1320. The largest absolute Gasteiger partial charge is 0.492 e. The van der Waals surface area contributed by atoms with E-state index in [-0.39, 0.29) is 5.88 Å². The molecule has 3 heterocycles. The van der Waals surface area contributed by atoms with Crippen molar-refractivity contribution in [3.63, 3.8) is 0 Å². The summed E-state index contributed by atoms with van der Waals surface area (Å²) in [6.07, 6.45) is 5.63. The zero-order chi connectivity index (χ0) is 18.4. The molecule has 0 aliphatic carbocycles. The first-order valence-corrected chi connectivity index (χ1v) is 9.27. The van der Waals surface area contributed by atoms with Gasteiger partial charge in [0, 0.05) is 24.5 Å². The number of hydrogen-bond donors (Lipinski definition) is 2. The fourth-order valence-corrected chi connectivity index (χ4v) is 3.79. The van der Waals surface area contributed by atoms with Gasteiger partial charge in [-0.1, -0.05) is 6.07 Å². The van der Waals surface area contributed by atoms with E-state index in [1.165, 1.54) is 0 Å². The van der Waals surface area contributed by atoms with Gasteiger partial charge in [0.2, 0.25) is 11.8 Å². The van der Waals surface area contributed by atoms with Gasteiger partial charge in [-0.3, -0.25) is 4.99 Å². The van der Waals surface area contributed by atoms with E-state index in [0.717, 1.165) is 32.0 Å². The molecule has 5 rings (SSSR count). The molecule has 0 atom stereocenters. The van der Waals surface area contributed by atoms with Crippen molar-refractivity contribution in [3.05, 3.63) is 69.9 Å². The number of rotatable bonds is 3. The summed E-state index contributed by atoms with van der Waals surface area (Å²) in [6.45, 7) is 0. The van der Waals surface area contributed by atoms with Crippen LogP contribution in [0.25, 0.3) is 22.4 Å². The molecule has 0 spiro atoms. The molecular formula is C20H15N5OS. The first kappa shape index (κ1) is 15.8. The lowest BCUT2D eigenvalue weighted by molar-refractivity contribution is 0.455. The molecule has 132 valence electrons. The van der Waals surface area contributed by atoms with Crippen LogP contribution >= 0.6 is 11.3 Å². The summed E-state index contributed by atoms with van der Waals surface area (Å²) < 4.78 is 1.11. The van der Waals surface area contributed by atoms with Crippen LogP contribution in [0.4, 0.5) is 11.6 Å². The highest BCUT2D eigenvalue weighted by Gasteiger charge is 2.13. The Kier molecular flexibility index (Phi) is 3.54. The zero-order valence-electron chi connectivity index (χ0n) is 14.4. The van der Waals surface area contributed by atoms with Gasteiger partial charge in [-0.15, -0.1) is 11.3 Å². The van der Waals surface area contributed by atoms with E-state index in [1.54, 1.807) is 17.5 Å². The van der Waals surface area contributed by atoms with E-state index in [4.69, 9.17) is 0 Å². The number of anilines is 2. The van der Waals surface area contributed by atoms with Crippen LogP contribution in [0.1, 0.15) is 11.3 Å². The highest BCUT2D eigenvalue weighted by molar-refractivity contribution is 7.16. The lowest BCUT2D eigenvalue weighted by Gasteiger charge is -2.15. The summed E-state index contributed by atoms with van der Waals surface area (Å²) in [4.78, 5) is 17.9. The van der Waals surface area contributed by atoms with Crippen molar-refractivity contribution in [1.82, 2.24) is 15.0 Å². The number of fused-ring (bicyclic) bond motifs is 2. The molecule has 4 aromatic rings. The SMILES string of the molecule is CN(c1ccc2ncsc2c1)c1nc(O)c(/C=c2\ccc3c(c2)C=CN=3)[nH]1. The molecule has 1 aliphatic rings. The quantitative estimate of drug-likeness (QED) is 0.579. The number of thiazole rings is 1. The Morgan fingerprint density at radius 2 is 2.11 bits per heavy atom. The molecule has 6 nitrogen and oxygen atoms in total. The van der Waals surface area contributed by atoms with Crippen molar-refractivity contribution in [2.45, 2.75) is 0 Å². The summed E-state index contributed by atoms with van der Waals surface area (Å²) >= 11 is 1.60. The average Bonchev–Trinajstić information content (AvgIpc) is 3.40. The van der Waals surface area contributed by atoms with E-state index in [0.29, 0.717) is 11.6 Å². The molecule has 0 unspecified atom stereocenters. The maximum atomic E-state index is 10.3. The lowest BCUT2D eigenvalue weighted by Crippen LogP contribution is -2.11. The Morgan fingerprint density at radius 3 is 3.04 bits per heavy atom. The fraction of sp³-hybridized carbons (Fsp3) is 0.0500. The van der Waals surface area contributed by atoms with Crippen LogP contribution < -0.4 is 15.5 Å². The minimum atomic E-state index is -0.0311. The molecule has 2 aromatic carbocycles. The Hall–Kier alpha value is -3.45. The molecule has 7 heteroatoms. The third-order valence-corrected chi connectivity index (χ3v) is 5.34. The molecule has 0 amide bonds. The smallest absolute Gasteiger partial charge is 0.238 e. The Morgan fingerprint density at radius 1 is 1.19 bits per heavy atom. The second-order valence-electron chi connectivity index (χ2n) is 6.27. The van der Waals surface area contributed by atoms with E-state index >= 15 is 0 Å². The number of H-pyrrole nitrogens is 1. The van der Waals surface area contributed by atoms with Crippen molar-refractivity contribution < 1.29 is 5.11 Å². The van der Waals surface area contributed by atoms with Crippen LogP contribution in [0.5, 0.6) is 5.88 Å². The van der Waals surface area contributed by atoms with E-state index in [2.05, 4.69) is 26.0 Å². The van der Waals surface area contributed by atoms with Gasteiger partial charge in [0.15, 0.2) is 0 Å². The van der Waals surface area contributed by atoms with Crippen molar-refractivity contribution in [2.75, 3.05) is 11.9 Å². The number of nitrogens with zero attached hydrogens (tertiary/aromatic N) is 4. The number of aromatic amines is 1. The van der Waals surface area contributed by atoms with Crippen LogP contribution in [-0.4, -0.2) is 27.1 Å². The predicted molar refractivity (Wildman–Crippen MR) is 108 cm³/mol. The zero-order valence-corrected chi connectivity index (χ0v) is 15.2. The maximum Gasteiger partial charge on any atom is 0.238 e. The minimum Gasteiger partial charge on any atom is -0.492 e. The van der Waals surface area contributed by atoms with Crippen LogP contribution in [0.15, 0.2) is 53.1 Å². The Labute approximate surface area is 158 Å². The molecule has 1 aliphatic heterocycles. The molecule has 27 heavy (non-hydrogen) atoms. The molecular weight excluding hydrogens is 358 g/mol. The van der Waals surface area contributed by atoms with Gasteiger partial charge >= 0.3 is 0 Å². The van der Waals surface area contributed by atoms with E-state index in [9.17, 15) is 5.11 Å². The van der Waals surface area contributed by atoms with Gasteiger partial charge in [0.25, 0.3) is 0 Å². The van der Waals surface area contributed by atoms with Crippen LogP contribution in [-0.2, 0) is 0 Å². The molecule has 0 saturated carbocycles. The second-order valence-corrected chi connectivity index (χ2v) is 7.15. The number of aromatic hydroxyl groups is 1. The first-order chi connectivity index (χ1) is 13.2. The third kappa shape index (κ3) is 2.78. The minimum absolute atomic E-state index is 0.0311. The molecule has 0 bridgehead atoms. The van der Waals surface area contributed by atoms with Crippen molar-refractivity contribution in [1.29, 1.82) is 0 Å². The monoisotopic (exact) mass is 373 g/mol. The van der Waals surface area contributed by atoms with Crippen LogP contribution in [0.2, 0.25) is 0 Å². The topological polar surface area (TPSA) is 77.4 Å². The number of hydrogen-bond acceptors (Lipinski definition) is 6. The van der Waals surface area contributed by atoms with Crippen molar-refractivity contribution in [2.24, 2.45) is 4.99 Å². The van der Waals surface area contributed by atoms with Crippen molar-refractivity contribution in [3.8, 4) is 5.88 Å². The highest BCUT2D eigenvalue weighted by Crippen LogP contribution is 2.29. The predicted octanol–water partition coefficient (Wildman–Crippen LogP) is 2.93. The van der Waals surface area contributed by atoms with Gasteiger partial charge in [-0.05, 0) is 47.7 Å². The number of benzene rings is 2. The van der Waals surface area contributed by atoms with E-state index in [1.807, 2.05) is 59.9 Å². The van der Waals surface area contributed by atoms with Gasteiger partial charge in [0.05, 0.1) is 21.1 Å². The van der Waals surface area contributed by atoms with Crippen molar-refractivity contribution >= 4 is 45.3 Å². The van der Waals surface area contributed by atoms with Gasteiger partial charge in [-0.25, -0.2) is 4.98 Å². The second kappa shape index (κ2) is 6.07. The third-order valence-electron chi connectivity index (χ3n) is 4.55.